The molecule has 0 spiro atoms. The minimum atomic E-state index is -4.74. The lowest BCUT2D eigenvalue weighted by Gasteiger charge is -2.15. The largest absolute Gasteiger partial charge is 0.573 e. The number of amides is 2. The minimum absolute atomic E-state index is 0.199. The van der Waals surface area contributed by atoms with Crippen molar-refractivity contribution in [3.8, 4) is 5.75 Å². The Hall–Kier alpha value is -3.03. The number of hydrogen-bond donors (Lipinski definition) is 2. The molecule has 0 aliphatic carbocycles. The first-order chi connectivity index (χ1) is 13.2. The van der Waals surface area contributed by atoms with Crippen molar-refractivity contribution in [3.05, 3.63) is 65.7 Å². The summed E-state index contributed by atoms with van der Waals surface area (Å²) in [6, 6.07) is 13.7. The summed E-state index contributed by atoms with van der Waals surface area (Å²) in [5.74, 6) is -0.725. The van der Waals surface area contributed by atoms with Crippen LogP contribution in [0, 0.1) is 0 Å². The van der Waals surface area contributed by atoms with Crippen molar-refractivity contribution >= 4 is 11.8 Å². The molecule has 28 heavy (non-hydrogen) atoms. The molecule has 0 fully saturated rings. The highest BCUT2D eigenvalue weighted by molar-refractivity contribution is 5.94. The van der Waals surface area contributed by atoms with Gasteiger partial charge in [-0.2, -0.15) is 0 Å². The molecule has 0 saturated carbocycles. The van der Waals surface area contributed by atoms with Crippen LogP contribution >= 0.6 is 0 Å². The fourth-order valence-corrected chi connectivity index (χ4v) is 2.50. The third kappa shape index (κ3) is 7.30. The number of alkyl halides is 3. The number of nitrogens with one attached hydrogen (secondary N) is 2. The van der Waals surface area contributed by atoms with E-state index in [1.165, 1.54) is 24.3 Å². The maximum atomic E-state index is 12.2. The molecular weight excluding hydrogens is 373 g/mol. The van der Waals surface area contributed by atoms with Gasteiger partial charge in [-0.3, -0.25) is 9.59 Å². The van der Waals surface area contributed by atoms with Crippen LogP contribution in [0.1, 0.15) is 41.7 Å². The standard InChI is InChI=1S/C20H21F3N2O3/c1-14(15-9-11-17(12-10-15)28-20(21,22)23)25-18(26)8-5-13-24-19(27)16-6-3-2-4-7-16/h2-4,6-7,9-12,14H,5,8,13H2,1H3,(H,24,27)(H,25,26). The van der Waals surface area contributed by atoms with Gasteiger partial charge < -0.3 is 15.4 Å². The van der Waals surface area contributed by atoms with Crippen LogP contribution in [-0.4, -0.2) is 24.7 Å². The summed E-state index contributed by atoms with van der Waals surface area (Å²) in [6.07, 6.45) is -4.05. The molecule has 0 heterocycles. The Balaban J connectivity index is 1.71. The SMILES string of the molecule is CC(NC(=O)CCCNC(=O)c1ccccc1)c1ccc(OC(F)(F)F)cc1. The van der Waals surface area contributed by atoms with Crippen molar-refractivity contribution < 1.29 is 27.5 Å². The zero-order valence-corrected chi connectivity index (χ0v) is 15.3. The summed E-state index contributed by atoms with van der Waals surface area (Å²) in [5, 5.41) is 5.51. The molecule has 2 aromatic rings. The number of carbonyl (C=O) groups excluding carboxylic acids is 2. The number of hydrogen-bond acceptors (Lipinski definition) is 3. The van der Waals surface area contributed by atoms with Gasteiger partial charge in [-0.25, -0.2) is 0 Å². The lowest BCUT2D eigenvalue weighted by atomic mass is 10.1. The molecule has 5 nitrogen and oxygen atoms in total. The first-order valence-electron chi connectivity index (χ1n) is 8.73. The molecule has 0 saturated heterocycles. The molecule has 8 heteroatoms. The highest BCUT2D eigenvalue weighted by Crippen LogP contribution is 2.24. The normalized spacial score (nSPS) is 12.1. The molecule has 2 N–H and O–H groups in total. The van der Waals surface area contributed by atoms with Crippen molar-refractivity contribution in [2.75, 3.05) is 6.54 Å². The second-order valence-electron chi connectivity index (χ2n) is 6.13. The summed E-state index contributed by atoms with van der Waals surface area (Å²) in [6.45, 7) is 2.09. The molecule has 150 valence electrons. The average molecular weight is 394 g/mol. The van der Waals surface area contributed by atoms with Gasteiger partial charge in [-0.1, -0.05) is 30.3 Å². The van der Waals surface area contributed by atoms with E-state index in [-0.39, 0.29) is 30.0 Å². The zero-order chi connectivity index (χ0) is 20.6. The summed E-state index contributed by atoms with van der Waals surface area (Å²) in [7, 11) is 0. The lowest BCUT2D eigenvalue weighted by molar-refractivity contribution is -0.274. The van der Waals surface area contributed by atoms with Crippen LogP contribution in [0.25, 0.3) is 0 Å². The highest BCUT2D eigenvalue weighted by atomic mass is 19.4. The Kier molecular flexibility index (Phi) is 7.43. The smallest absolute Gasteiger partial charge is 0.406 e. The molecule has 0 aromatic heterocycles. The van der Waals surface area contributed by atoms with Gasteiger partial charge in [0, 0.05) is 18.5 Å². The predicted octanol–water partition coefficient (Wildman–Crippen LogP) is 3.97. The molecular formula is C20H21F3N2O3. The lowest BCUT2D eigenvalue weighted by Crippen LogP contribution is -2.29. The van der Waals surface area contributed by atoms with Crippen molar-refractivity contribution in [2.24, 2.45) is 0 Å². The van der Waals surface area contributed by atoms with E-state index in [0.717, 1.165) is 0 Å². The van der Waals surface area contributed by atoms with Crippen molar-refractivity contribution in [1.82, 2.24) is 10.6 Å². The molecule has 0 bridgehead atoms. The summed E-state index contributed by atoms with van der Waals surface area (Å²) >= 11 is 0. The first-order valence-corrected chi connectivity index (χ1v) is 8.73. The Morgan fingerprint density at radius 1 is 1.04 bits per heavy atom. The third-order valence-corrected chi connectivity index (χ3v) is 3.89. The Labute approximate surface area is 160 Å². The summed E-state index contributed by atoms with van der Waals surface area (Å²) in [5.41, 5.74) is 1.21. The van der Waals surface area contributed by atoms with E-state index in [2.05, 4.69) is 15.4 Å². The predicted molar refractivity (Wildman–Crippen MR) is 97.7 cm³/mol. The van der Waals surface area contributed by atoms with E-state index < -0.39 is 6.36 Å². The van der Waals surface area contributed by atoms with Crippen LogP contribution in [-0.2, 0) is 4.79 Å². The van der Waals surface area contributed by atoms with Crippen LogP contribution in [0.5, 0.6) is 5.75 Å². The van der Waals surface area contributed by atoms with Gasteiger partial charge in [0.1, 0.15) is 5.75 Å². The van der Waals surface area contributed by atoms with E-state index in [1.807, 2.05) is 6.07 Å². The average Bonchev–Trinajstić information content (AvgIpc) is 2.65. The van der Waals surface area contributed by atoms with Gasteiger partial charge >= 0.3 is 6.36 Å². The second kappa shape index (κ2) is 9.77. The quantitative estimate of drug-likeness (QED) is 0.666. The number of benzene rings is 2. The van der Waals surface area contributed by atoms with Gasteiger partial charge in [0.15, 0.2) is 0 Å². The summed E-state index contributed by atoms with van der Waals surface area (Å²) in [4.78, 5) is 23.9. The summed E-state index contributed by atoms with van der Waals surface area (Å²) < 4.78 is 40.3. The van der Waals surface area contributed by atoms with Crippen LogP contribution in [0.4, 0.5) is 13.2 Å². The van der Waals surface area contributed by atoms with E-state index in [4.69, 9.17) is 0 Å². The van der Waals surface area contributed by atoms with E-state index in [9.17, 15) is 22.8 Å². The Morgan fingerprint density at radius 2 is 1.68 bits per heavy atom. The first kappa shape index (κ1) is 21.3. The molecule has 0 radical (unpaired) electrons. The van der Waals surface area contributed by atoms with Crippen LogP contribution in [0.2, 0.25) is 0 Å². The monoisotopic (exact) mass is 394 g/mol. The molecule has 1 unspecified atom stereocenters. The minimum Gasteiger partial charge on any atom is -0.406 e. The van der Waals surface area contributed by atoms with Crippen molar-refractivity contribution in [3.63, 3.8) is 0 Å². The molecule has 2 amide bonds. The van der Waals surface area contributed by atoms with Gasteiger partial charge in [0.2, 0.25) is 5.91 Å². The number of ether oxygens (including phenoxy) is 1. The van der Waals surface area contributed by atoms with Crippen molar-refractivity contribution in [2.45, 2.75) is 32.2 Å². The second-order valence-corrected chi connectivity index (χ2v) is 6.13. The Bertz CT molecular complexity index is 778. The maximum absolute atomic E-state index is 12.2. The van der Waals surface area contributed by atoms with E-state index in [0.29, 0.717) is 24.1 Å². The maximum Gasteiger partial charge on any atom is 0.573 e. The topological polar surface area (TPSA) is 67.4 Å². The van der Waals surface area contributed by atoms with Crippen molar-refractivity contribution in [1.29, 1.82) is 0 Å². The van der Waals surface area contributed by atoms with E-state index >= 15 is 0 Å². The molecule has 2 aromatic carbocycles. The van der Waals surface area contributed by atoms with E-state index in [1.54, 1.807) is 31.2 Å². The third-order valence-electron chi connectivity index (χ3n) is 3.89. The molecule has 0 aliphatic heterocycles. The number of carbonyl (C=O) groups is 2. The molecule has 1 atom stereocenters. The molecule has 0 aliphatic rings. The van der Waals surface area contributed by atoms with Crippen LogP contribution in [0.15, 0.2) is 54.6 Å². The van der Waals surface area contributed by atoms with Gasteiger partial charge in [0.25, 0.3) is 5.91 Å². The van der Waals surface area contributed by atoms with Gasteiger partial charge in [-0.05, 0) is 43.2 Å². The fourth-order valence-electron chi connectivity index (χ4n) is 2.50. The van der Waals surface area contributed by atoms with Gasteiger partial charge in [-0.15, -0.1) is 13.2 Å². The number of rotatable bonds is 8. The zero-order valence-electron chi connectivity index (χ0n) is 15.3. The Morgan fingerprint density at radius 3 is 2.29 bits per heavy atom. The fraction of sp³-hybridized carbons (Fsp3) is 0.300. The number of halogens is 3. The molecule has 2 rings (SSSR count). The highest BCUT2D eigenvalue weighted by Gasteiger charge is 2.31. The van der Waals surface area contributed by atoms with Gasteiger partial charge in [0.05, 0.1) is 6.04 Å². The van der Waals surface area contributed by atoms with Crippen LogP contribution in [0.3, 0.4) is 0 Å². The van der Waals surface area contributed by atoms with Crippen LogP contribution < -0.4 is 15.4 Å².